The molecule has 1 fully saturated rings. The van der Waals surface area contributed by atoms with E-state index in [1.165, 1.54) is 15.6 Å². The van der Waals surface area contributed by atoms with Gasteiger partial charge in [-0.1, -0.05) is 11.8 Å². The van der Waals surface area contributed by atoms with E-state index in [1.54, 1.807) is 7.05 Å². The van der Waals surface area contributed by atoms with Crippen LogP contribution < -0.4 is 10.5 Å². The summed E-state index contributed by atoms with van der Waals surface area (Å²) in [5.74, 6) is 5.71. The van der Waals surface area contributed by atoms with Crippen molar-refractivity contribution in [1.82, 2.24) is 9.03 Å². The first kappa shape index (κ1) is 14.5. The Morgan fingerprint density at radius 2 is 2.32 bits per heavy atom. The number of nitrogens with one attached hydrogen (secondary N) is 1. The van der Waals surface area contributed by atoms with E-state index in [0.29, 0.717) is 13.1 Å². The van der Waals surface area contributed by atoms with Gasteiger partial charge in [0, 0.05) is 35.5 Å². The van der Waals surface area contributed by atoms with Gasteiger partial charge in [0.05, 0.1) is 6.54 Å². The van der Waals surface area contributed by atoms with Crippen molar-refractivity contribution >= 4 is 21.5 Å². The zero-order valence-electron chi connectivity index (χ0n) is 10.7. The number of nitrogens with two attached hydrogens (primary N) is 1. The normalized spacial score (nSPS) is 15.3. The summed E-state index contributed by atoms with van der Waals surface area (Å²) in [4.78, 5) is 0.963. The van der Waals surface area contributed by atoms with E-state index in [2.05, 4.69) is 16.6 Å². The second-order valence-electron chi connectivity index (χ2n) is 4.46. The van der Waals surface area contributed by atoms with Gasteiger partial charge in [0.25, 0.3) is 10.2 Å². The summed E-state index contributed by atoms with van der Waals surface area (Å²) in [5.41, 5.74) is 6.19. The standard InChI is InChI=1S/C12H17N3O2S2/c1-15(19(16,17)14-11-4-5-11)8-12-7-10(9-18-12)3-2-6-13/h7,9,11,14H,4-6,8,13H2,1H3. The molecule has 0 saturated heterocycles. The summed E-state index contributed by atoms with van der Waals surface area (Å²) in [7, 11) is -1.79. The molecule has 5 nitrogen and oxygen atoms in total. The second kappa shape index (κ2) is 6.03. The number of thiophene rings is 1. The van der Waals surface area contributed by atoms with Gasteiger partial charge in [-0.05, 0) is 18.9 Å². The molecule has 0 atom stereocenters. The van der Waals surface area contributed by atoms with Gasteiger partial charge in [-0.3, -0.25) is 0 Å². The third-order valence-electron chi connectivity index (χ3n) is 2.67. The SMILES string of the molecule is CN(Cc1cc(C#CCN)cs1)S(=O)(=O)NC1CC1. The molecule has 1 aromatic heterocycles. The van der Waals surface area contributed by atoms with Crippen LogP contribution in [0.4, 0.5) is 0 Å². The van der Waals surface area contributed by atoms with Crippen LogP contribution in [0.2, 0.25) is 0 Å². The molecule has 0 aromatic carbocycles. The molecule has 0 radical (unpaired) electrons. The molecule has 0 bridgehead atoms. The molecular formula is C12H17N3O2S2. The molecule has 0 aliphatic heterocycles. The van der Waals surface area contributed by atoms with Gasteiger partial charge in [-0.25, -0.2) is 0 Å². The van der Waals surface area contributed by atoms with Crippen molar-refractivity contribution in [3.63, 3.8) is 0 Å². The van der Waals surface area contributed by atoms with Crippen LogP contribution in [0, 0.1) is 11.8 Å². The van der Waals surface area contributed by atoms with Crippen molar-refractivity contribution in [2.45, 2.75) is 25.4 Å². The fraction of sp³-hybridized carbons (Fsp3) is 0.500. The summed E-state index contributed by atoms with van der Waals surface area (Å²) < 4.78 is 27.9. The van der Waals surface area contributed by atoms with E-state index in [1.807, 2.05) is 11.4 Å². The Balaban J connectivity index is 1.97. The average Bonchev–Trinajstić information content (AvgIpc) is 3.04. The summed E-state index contributed by atoms with van der Waals surface area (Å²) in [6.45, 7) is 0.682. The molecule has 0 spiro atoms. The lowest BCUT2D eigenvalue weighted by Crippen LogP contribution is -2.38. The zero-order valence-corrected chi connectivity index (χ0v) is 12.4. The van der Waals surface area contributed by atoms with Crippen LogP contribution in [0.3, 0.4) is 0 Å². The average molecular weight is 299 g/mol. The van der Waals surface area contributed by atoms with Crippen LogP contribution in [-0.4, -0.2) is 32.4 Å². The van der Waals surface area contributed by atoms with Crippen molar-refractivity contribution < 1.29 is 8.42 Å². The fourth-order valence-electron chi connectivity index (χ4n) is 1.49. The van der Waals surface area contributed by atoms with Gasteiger partial charge in [-0.2, -0.15) is 17.4 Å². The maximum Gasteiger partial charge on any atom is 0.279 e. The summed E-state index contributed by atoms with van der Waals surface area (Å²) in [6, 6.07) is 2.03. The van der Waals surface area contributed by atoms with Crippen molar-refractivity contribution in [3.05, 3.63) is 21.9 Å². The Morgan fingerprint density at radius 1 is 1.58 bits per heavy atom. The Hall–Kier alpha value is -0.910. The lowest BCUT2D eigenvalue weighted by atomic mass is 10.3. The Morgan fingerprint density at radius 3 is 2.95 bits per heavy atom. The van der Waals surface area contributed by atoms with Gasteiger partial charge in [-0.15, -0.1) is 11.3 Å². The summed E-state index contributed by atoms with van der Waals surface area (Å²) in [5, 5.41) is 1.91. The quantitative estimate of drug-likeness (QED) is 0.777. The maximum absolute atomic E-state index is 11.9. The van der Waals surface area contributed by atoms with Gasteiger partial charge in [0.15, 0.2) is 0 Å². The highest BCUT2D eigenvalue weighted by Gasteiger charge is 2.29. The molecular weight excluding hydrogens is 282 g/mol. The van der Waals surface area contributed by atoms with E-state index < -0.39 is 10.2 Å². The first-order valence-corrected chi connectivity index (χ1v) is 8.33. The molecule has 1 aliphatic carbocycles. The number of hydrogen-bond donors (Lipinski definition) is 2. The molecule has 0 amide bonds. The topological polar surface area (TPSA) is 75.4 Å². The lowest BCUT2D eigenvalue weighted by molar-refractivity contribution is 0.457. The molecule has 1 aromatic rings. The largest absolute Gasteiger partial charge is 0.320 e. The van der Waals surface area contributed by atoms with E-state index in [-0.39, 0.29) is 6.04 Å². The fourth-order valence-corrected chi connectivity index (χ4v) is 3.58. The van der Waals surface area contributed by atoms with Crippen molar-refractivity contribution in [2.24, 2.45) is 5.73 Å². The first-order chi connectivity index (χ1) is 9.01. The number of rotatable bonds is 5. The highest BCUT2D eigenvalue weighted by molar-refractivity contribution is 7.87. The minimum absolute atomic E-state index is 0.127. The lowest BCUT2D eigenvalue weighted by Gasteiger charge is -2.16. The Kier molecular flexibility index (Phi) is 4.60. The zero-order chi connectivity index (χ0) is 13.9. The third kappa shape index (κ3) is 4.30. The molecule has 2 rings (SSSR count). The molecule has 3 N–H and O–H groups in total. The molecule has 1 heterocycles. The first-order valence-electron chi connectivity index (χ1n) is 6.01. The molecule has 1 saturated carbocycles. The molecule has 1 aliphatic rings. The number of nitrogens with zero attached hydrogens (tertiary/aromatic N) is 1. The van der Waals surface area contributed by atoms with E-state index in [4.69, 9.17) is 5.73 Å². The summed E-state index contributed by atoms with van der Waals surface area (Å²) >= 11 is 1.50. The van der Waals surface area contributed by atoms with E-state index in [9.17, 15) is 8.42 Å². The van der Waals surface area contributed by atoms with Crippen molar-refractivity contribution in [3.8, 4) is 11.8 Å². The monoisotopic (exact) mass is 299 g/mol. The summed E-state index contributed by atoms with van der Waals surface area (Å²) in [6.07, 6.45) is 1.87. The van der Waals surface area contributed by atoms with Crippen LogP contribution in [0.15, 0.2) is 11.4 Å². The van der Waals surface area contributed by atoms with E-state index in [0.717, 1.165) is 23.3 Å². The minimum Gasteiger partial charge on any atom is -0.320 e. The van der Waals surface area contributed by atoms with Crippen LogP contribution in [-0.2, 0) is 16.8 Å². The van der Waals surface area contributed by atoms with Crippen LogP contribution >= 0.6 is 11.3 Å². The Labute approximate surface area is 118 Å². The second-order valence-corrected chi connectivity index (χ2v) is 7.27. The third-order valence-corrected chi connectivity index (χ3v) is 5.17. The maximum atomic E-state index is 11.9. The molecule has 19 heavy (non-hydrogen) atoms. The smallest absolute Gasteiger partial charge is 0.279 e. The van der Waals surface area contributed by atoms with Crippen molar-refractivity contribution in [2.75, 3.05) is 13.6 Å². The van der Waals surface area contributed by atoms with Gasteiger partial charge >= 0.3 is 0 Å². The van der Waals surface area contributed by atoms with Gasteiger partial charge < -0.3 is 5.73 Å². The highest BCUT2D eigenvalue weighted by Crippen LogP contribution is 2.21. The Bertz CT molecular complexity index is 594. The molecule has 7 heteroatoms. The predicted octanol–water partition coefficient (Wildman–Crippen LogP) is 0.487. The number of hydrogen-bond acceptors (Lipinski definition) is 4. The molecule has 0 unspecified atom stereocenters. The molecule has 104 valence electrons. The van der Waals surface area contributed by atoms with Gasteiger partial charge in [0.2, 0.25) is 0 Å². The van der Waals surface area contributed by atoms with E-state index >= 15 is 0 Å². The highest BCUT2D eigenvalue weighted by atomic mass is 32.2. The van der Waals surface area contributed by atoms with Gasteiger partial charge in [0.1, 0.15) is 0 Å². The predicted molar refractivity (Wildman–Crippen MR) is 76.8 cm³/mol. The minimum atomic E-state index is -3.37. The van der Waals surface area contributed by atoms with Crippen molar-refractivity contribution in [1.29, 1.82) is 0 Å². The van der Waals surface area contributed by atoms with Crippen LogP contribution in [0.1, 0.15) is 23.3 Å². The van der Waals surface area contributed by atoms with Crippen LogP contribution in [0.25, 0.3) is 0 Å². The van der Waals surface area contributed by atoms with Crippen LogP contribution in [0.5, 0.6) is 0 Å².